The quantitative estimate of drug-likeness (QED) is 0.468. The highest BCUT2D eigenvalue weighted by atomic mass is 32.1. The first kappa shape index (κ1) is 13.8. The smallest absolute Gasteiger partial charge is 0.350 e. The number of hydrogen-bond acceptors (Lipinski definition) is 8. The largest absolute Gasteiger partial charge is 0.478 e. The van der Waals surface area contributed by atoms with Crippen LogP contribution in [-0.4, -0.2) is 37.7 Å². The van der Waals surface area contributed by atoms with E-state index in [0.717, 1.165) is 11.5 Å². The number of carbonyl (C=O) groups excluding carboxylic acids is 1. The second-order valence-corrected chi connectivity index (χ2v) is 4.45. The fourth-order valence-corrected chi connectivity index (χ4v) is 1.16. The average Bonchev–Trinajstić information content (AvgIpc) is 2.64. The van der Waals surface area contributed by atoms with Gasteiger partial charge < -0.3 is 21.4 Å². The van der Waals surface area contributed by atoms with E-state index in [1.54, 1.807) is 0 Å². The van der Waals surface area contributed by atoms with Gasteiger partial charge in [-0.15, -0.1) is 0 Å². The van der Waals surface area contributed by atoms with Crippen molar-refractivity contribution in [2.45, 2.75) is 19.4 Å². The van der Waals surface area contributed by atoms with E-state index >= 15 is 0 Å². The van der Waals surface area contributed by atoms with Crippen LogP contribution in [0.5, 0.6) is 0 Å². The normalized spacial score (nSPS) is 12.2. The highest BCUT2D eigenvalue weighted by molar-refractivity contribution is 7.09. The minimum absolute atomic E-state index is 0.105. The zero-order chi connectivity index (χ0) is 13.9. The van der Waals surface area contributed by atoms with Crippen LogP contribution in [0, 0.1) is 0 Å². The molecule has 0 radical (unpaired) electrons. The molecule has 0 aliphatic rings. The van der Waals surface area contributed by atoms with Crippen molar-refractivity contribution in [1.29, 1.82) is 0 Å². The summed E-state index contributed by atoms with van der Waals surface area (Å²) in [5, 5.41) is 12.3. The van der Waals surface area contributed by atoms with Crippen molar-refractivity contribution in [3.63, 3.8) is 0 Å². The number of hydrogen-bond donors (Lipinski definition) is 3. The van der Waals surface area contributed by atoms with Gasteiger partial charge in [-0.1, -0.05) is 5.16 Å². The number of amides is 1. The van der Waals surface area contributed by atoms with Crippen LogP contribution >= 0.6 is 11.5 Å². The lowest BCUT2D eigenvalue weighted by Crippen LogP contribution is -2.34. The molecule has 0 aliphatic carbocycles. The molecular formula is C8H11N5O4S. The summed E-state index contributed by atoms with van der Waals surface area (Å²) >= 11 is 0.846. The van der Waals surface area contributed by atoms with Gasteiger partial charge >= 0.3 is 5.97 Å². The summed E-state index contributed by atoms with van der Waals surface area (Å²) < 4.78 is 3.73. The van der Waals surface area contributed by atoms with Crippen LogP contribution in [0.1, 0.15) is 19.7 Å². The topological polar surface area (TPSA) is 154 Å². The van der Waals surface area contributed by atoms with Crippen molar-refractivity contribution in [3.05, 3.63) is 5.82 Å². The van der Waals surface area contributed by atoms with E-state index in [0.29, 0.717) is 0 Å². The Kier molecular flexibility index (Phi) is 3.81. The Morgan fingerprint density at radius 1 is 1.50 bits per heavy atom. The Morgan fingerprint density at radius 3 is 2.50 bits per heavy atom. The van der Waals surface area contributed by atoms with Crippen molar-refractivity contribution in [3.8, 4) is 0 Å². The molecule has 0 aliphatic heterocycles. The van der Waals surface area contributed by atoms with E-state index in [2.05, 4.69) is 14.5 Å². The predicted octanol–water partition coefficient (Wildman–Crippen LogP) is -0.810. The number of aromatic nitrogens is 2. The number of nitrogens with two attached hydrogens (primary N) is 2. The molecule has 0 bridgehead atoms. The number of oxime groups is 1. The van der Waals surface area contributed by atoms with Gasteiger partial charge in [-0.25, -0.2) is 4.79 Å². The molecule has 1 amide bonds. The van der Waals surface area contributed by atoms with Gasteiger partial charge in [0.15, 0.2) is 5.13 Å². The Hall–Kier alpha value is -2.23. The average molecular weight is 273 g/mol. The zero-order valence-electron chi connectivity index (χ0n) is 9.58. The van der Waals surface area contributed by atoms with Crippen LogP contribution in [0.15, 0.2) is 5.16 Å². The number of nitrogen functional groups attached to an aromatic ring is 1. The van der Waals surface area contributed by atoms with Crippen molar-refractivity contribution in [2.24, 2.45) is 10.9 Å². The molecule has 5 N–H and O–H groups in total. The van der Waals surface area contributed by atoms with Crippen molar-refractivity contribution < 1.29 is 19.5 Å². The third-order valence-electron chi connectivity index (χ3n) is 1.77. The summed E-state index contributed by atoms with van der Waals surface area (Å²) in [5.41, 5.74) is 8.42. The maximum atomic E-state index is 11.1. The lowest BCUT2D eigenvalue weighted by molar-refractivity contribution is -0.161. The summed E-state index contributed by atoms with van der Waals surface area (Å²) in [7, 11) is 0. The molecule has 0 aromatic carbocycles. The van der Waals surface area contributed by atoms with E-state index < -0.39 is 23.2 Å². The molecule has 9 nitrogen and oxygen atoms in total. The van der Waals surface area contributed by atoms with E-state index in [9.17, 15) is 9.59 Å². The van der Waals surface area contributed by atoms with Crippen LogP contribution in [0.2, 0.25) is 0 Å². The van der Waals surface area contributed by atoms with Crippen LogP contribution in [0.3, 0.4) is 0 Å². The third kappa shape index (κ3) is 3.13. The monoisotopic (exact) mass is 273 g/mol. The molecule has 0 fully saturated rings. The first-order valence-corrected chi connectivity index (χ1v) is 5.40. The third-order valence-corrected chi connectivity index (χ3v) is 2.31. The molecule has 0 atom stereocenters. The molecule has 1 aromatic rings. The molecule has 1 rings (SSSR count). The molecule has 0 unspecified atom stereocenters. The summed E-state index contributed by atoms with van der Waals surface area (Å²) in [5.74, 6) is -2.30. The van der Waals surface area contributed by atoms with E-state index in [4.69, 9.17) is 21.4 Å². The zero-order valence-corrected chi connectivity index (χ0v) is 10.4. The number of carboxylic acids is 1. The fraction of sp³-hybridized carbons (Fsp3) is 0.375. The van der Waals surface area contributed by atoms with E-state index in [1.807, 2.05) is 0 Å². The van der Waals surface area contributed by atoms with Gasteiger partial charge in [-0.3, -0.25) is 4.79 Å². The molecule has 1 aromatic heterocycles. The predicted molar refractivity (Wildman–Crippen MR) is 62.9 cm³/mol. The second-order valence-electron chi connectivity index (χ2n) is 3.67. The first-order valence-electron chi connectivity index (χ1n) is 4.63. The molecule has 10 heteroatoms. The first-order chi connectivity index (χ1) is 8.24. The molecule has 1 heterocycles. The van der Waals surface area contributed by atoms with Crippen molar-refractivity contribution >= 4 is 34.3 Å². The second kappa shape index (κ2) is 4.96. The summed E-state index contributed by atoms with van der Waals surface area (Å²) in [4.78, 5) is 30.4. The number of nitrogens with zero attached hydrogens (tertiary/aromatic N) is 3. The number of carbonyl (C=O) groups is 2. The lowest BCUT2D eigenvalue weighted by atomic mass is 10.1. The fourth-order valence-electron chi connectivity index (χ4n) is 0.726. The molecule has 18 heavy (non-hydrogen) atoms. The SMILES string of the molecule is CC(C)(O/N=C(\C(N)=O)c1nsc(N)n1)C(=O)O. The van der Waals surface area contributed by atoms with Gasteiger partial charge in [-0.2, -0.15) is 9.36 Å². The Morgan fingerprint density at radius 2 is 2.11 bits per heavy atom. The van der Waals surface area contributed by atoms with Gasteiger partial charge in [0.2, 0.25) is 17.1 Å². The Labute approximate surface area is 106 Å². The summed E-state index contributed by atoms with van der Waals surface area (Å²) in [6.07, 6.45) is 0. The van der Waals surface area contributed by atoms with Crippen LogP contribution < -0.4 is 11.5 Å². The van der Waals surface area contributed by atoms with Crippen molar-refractivity contribution in [1.82, 2.24) is 9.36 Å². The Bertz CT molecular complexity index is 509. The highest BCUT2D eigenvalue weighted by Crippen LogP contribution is 2.12. The van der Waals surface area contributed by atoms with Gasteiger partial charge in [0.05, 0.1) is 0 Å². The van der Waals surface area contributed by atoms with Crippen molar-refractivity contribution in [2.75, 3.05) is 5.73 Å². The number of carboxylic acid groups (broad SMARTS) is 1. The van der Waals surface area contributed by atoms with E-state index in [-0.39, 0.29) is 11.0 Å². The summed E-state index contributed by atoms with van der Waals surface area (Å²) in [6, 6.07) is 0. The molecule has 0 saturated heterocycles. The molecule has 0 spiro atoms. The molecule has 0 saturated carbocycles. The van der Waals surface area contributed by atoms with Crippen LogP contribution in [-0.2, 0) is 14.4 Å². The van der Waals surface area contributed by atoms with E-state index in [1.165, 1.54) is 13.8 Å². The number of anilines is 1. The number of rotatable bonds is 5. The maximum absolute atomic E-state index is 11.1. The Balaban J connectivity index is 3.01. The van der Waals surface area contributed by atoms with Gasteiger partial charge in [-0.05, 0) is 13.8 Å². The minimum Gasteiger partial charge on any atom is -0.478 e. The maximum Gasteiger partial charge on any atom is 0.350 e. The van der Waals surface area contributed by atoms with Gasteiger partial charge in [0.1, 0.15) is 0 Å². The van der Waals surface area contributed by atoms with Crippen LogP contribution in [0.4, 0.5) is 5.13 Å². The van der Waals surface area contributed by atoms with Gasteiger partial charge in [0, 0.05) is 11.5 Å². The summed E-state index contributed by atoms with van der Waals surface area (Å²) in [6.45, 7) is 2.53. The standard InChI is InChI=1S/C8H11N5O4S/c1-8(2,6(15)16)17-12-3(4(9)14)5-11-7(10)18-13-5/h1-2H3,(H2,9,14)(H,15,16)(H2,10,11,13)/b12-3+. The number of aliphatic carboxylic acids is 1. The minimum atomic E-state index is -1.61. The highest BCUT2D eigenvalue weighted by Gasteiger charge is 2.30. The molecular weight excluding hydrogens is 262 g/mol. The van der Waals surface area contributed by atoms with Gasteiger partial charge in [0.25, 0.3) is 5.91 Å². The number of primary amides is 1. The molecule has 98 valence electrons. The lowest BCUT2D eigenvalue weighted by Gasteiger charge is -2.16. The van der Waals surface area contributed by atoms with Crippen LogP contribution in [0.25, 0.3) is 0 Å².